The Balaban J connectivity index is 1.93. The van der Waals surface area contributed by atoms with Crippen molar-refractivity contribution in [3.63, 3.8) is 0 Å². The van der Waals surface area contributed by atoms with Crippen LogP contribution in [0.4, 0.5) is 0 Å². The Labute approximate surface area is 139 Å². The van der Waals surface area contributed by atoms with E-state index in [9.17, 15) is 4.79 Å². The fraction of sp³-hybridized carbons (Fsp3) is 0.632. The summed E-state index contributed by atoms with van der Waals surface area (Å²) in [6.45, 7) is 3.76. The predicted molar refractivity (Wildman–Crippen MR) is 91.6 cm³/mol. The van der Waals surface area contributed by atoms with E-state index in [2.05, 4.69) is 12.1 Å². The van der Waals surface area contributed by atoms with Crippen LogP contribution in [0.3, 0.4) is 0 Å². The smallest absolute Gasteiger partial charge is 0.306 e. The van der Waals surface area contributed by atoms with Crippen molar-refractivity contribution < 1.29 is 14.3 Å². The molecule has 0 heterocycles. The Morgan fingerprint density at radius 2 is 2.17 bits per heavy atom. The molecule has 1 atom stereocenters. The van der Waals surface area contributed by atoms with E-state index >= 15 is 0 Å². The van der Waals surface area contributed by atoms with Gasteiger partial charge in [0.05, 0.1) is 13.2 Å². The first-order valence-corrected chi connectivity index (χ1v) is 8.83. The number of nitrogens with two attached hydrogens (primary N) is 1. The first-order chi connectivity index (χ1) is 11.2. The maximum atomic E-state index is 11.7. The molecule has 1 aromatic rings. The van der Waals surface area contributed by atoms with Gasteiger partial charge in [0.2, 0.25) is 0 Å². The molecule has 1 unspecified atom stereocenters. The lowest BCUT2D eigenvalue weighted by Crippen LogP contribution is -2.13. The normalized spacial score (nSPS) is 17.2. The molecule has 4 nitrogen and oxygen atoms in total. The maximum absolute atomic E-state index is 11.7. The van der Waals surface area contributed by atoms with E-state index in [-0.39, 0.29) is 5.97 Å². The van der Waals surface area contributed by atoms with E-state index < -0.39 is 0 Å². The van der Waals surface area contributed by atoms with Crippen LogP contribution in [0.15, 0.2) is 18.2 Å². The molecule has 0 aromatic heterocycles. The van der Waals surface area contributed by atoms with E-state index in [0.29, 0.717) is 18.9 Å². The Morgan fingerprint density at radius 1 is 1.30 bits per heavy atom. The Morgan fingerprint density at radius 3 is 2.96 bits per heavy atom. The van der Waals surface area contributed by atoms with Crippen LogP contribution in [0.2, 0.25) is 0 Å². The van der Waals surface area contributed by atoms with Gasteiger partial charge < -0.3 is 15.2 Å². The molecule has 0 saturated heterocycles. The lowest BCUT2D eigenvalue weighted by atomic mass is 9.94. The van der Waals surface area contributed by atoms with Crippen LogP contribution < -0.4 is 10.5 Å². The SMILES string of the molecule is CCOC(=O)CC1CCCc2cc(OCCCCN)ccc2C1. The van der Waals surface area contributed by atoms with Gasteiger partial charge in [-0.3, -0.25) is 4.79 Å². The number of rotatable bonds is 8. The van der Waals surface area contributed by atoms with E-state index in [4.69, 9.17) is 15.2 Å². The van der Waals surface area contributed by atoms with Crippen molar-refractivity contribution >= 4 is 5.97 Å². The van der Waals surface area contributed by atoms with Gasteiger partial charge in [-0.2, -0.15) is 0 Å². The van der Waals surface area contributed by atoms with Crippen molar-refractivity contribution in [1.82, 2.24) is 0 Å². The molecular weight excluding hydrogens is 290 g/mol. The number of esters is 1. The van der Waals surface area contributed by atoms with Gasteiger partial charge in [0.15, 0.2) is 0 Å². The van der Waals surface area contributed by atoms with Crippen molar-refractivity contribution in [3.05, 3.63) is 29.3 Å². The van der Waals surface area contributed by atoms with E-state index in [1.165, 1.54) is 11.1 Å². The minimum atomic E-state index is -0.0687. The molecule has 0 fully saturated rings. The number of fused-ring (bicyclic) bond motifs is 1. The molecule has 0 spiro atoms. The number of carbonyl (C=O) groups excluding carboxylic acids is 1. The molecule has 0 aliphatic heterocycles. The molecule has 0 bridgehead atoms. The zero-order chi connectivity index (χ0) is 16.5. The first kappa shape index (κ1) is 17.8. The number of unbranched alkanes of at least 4 members (excludes halogenated alkanes) is 1. The Kier molecular flexibility index (Phi) is 7.40. The van der Waals surface area contributed by atoms with Crippen molar-refractivity contribution in [2.45, 2.75) is 51.9 Å². The van der Waals surface area contributed by atoms with Gasteiger partial charge in [-0.1, -0.05) is 6.07 Å². The van der Waals surface area contributed by atoms with E-state index in [1.807, 2.05) is 13.0 Å². The molecule has 0 amide bonds. The molecule has 128 valence electrons. The lowest BCUT2D eigenvalue weighted by molar-refractivity contribution is -0.144. The lowest BCUT2D eigenvalue weighted by Gasteiger charge is -2.14. The maximum Gasteiger partial charge on any atom is 0.306 e. The summed E-state index contributed by atoms with van der Waals surface area (Å²) in [4.78, 5) is 11.7. The highest BCUT2D eigenvalue weighted by Gasteiger charge is 2.20. The van der Waals surface area contributed by atoms with Gasteiger partial charge in [0.1, 0.15) is 5.75 Å². The number of hydrogen-bond acceptors (Lipinski definition) is 4. The quantitative estimate of drug-likeness (QED) is 0.454. The predicted octanol–water partition coefficient (Wildman–Crippen LogP) is 3.25. The molecule has 0 radical (unpaired) electrons. The summed E-state index contributed by atoms with van der Waals surface area (Å²) in [6, 6.07) is 6.38. The summed E-state index contributed by atoms with van der Waals surface area (Å²) in [5, 5.41) is 0. The van der Waals surface area contributed by atoms with Crippen LogP contribution in [0, 0.1) is 5.92 Å². The summed E-state index contributed by atoms with van der Waals surface area (Å²) in [5.74, 6) is 1.28. The average molecular weight is 319 g/mol. The summed E-state index contributed by atoms with van der Waals surface area (Å²) >= 11 is 0. The molecule has 2 rings (SSSR count). The number of aryl methyl sites for hydroxylation is 1. The molecule has 23 heavy (non-hydrogen) atoms. The second-order valence-corrected chi connectivity index (χ2v) is 6.25. The topological polar surface area (TPSA) is 61.5 Å². The summed E-state index contributed by atoms with van der Waals surface area (Å²) in [6.07, 6.45) is 6.75. The van der Waals surface area contributed by atoms with Crippen LogP contribution in [0.25, 0.3) is 0 Å². The molecule has 1 aliphatic carbocycles. The molecule has 4 heteroatoms. The zero-order valence-corrected chi connectivity index (χ0v) is 14.2. The number of carbonyl (C=O) groups is 1. The highest BCUT2D eigenvalue weighted by Crippen LogP contribution is 2.29. The van der Waals surface area contributed by atoms with Crippen LogP contribution in [-0.2, 0) is 22.4 Å². The number of ether oxygens (including phenoxy) is 2. The average Bonchev–Trinajstić information content (AvgIpc) is 2.73. The minimum Gasteiger partial charge on any atom is -0.494 e. The number of benzene rings is 1. The summed E-state index contributed by atoms with van der Waals surface area (Å²) in [7, 11) is 0. The summed E-state index contributed by atoms with van der Waals surface area (Å²) < 4.78 is 10.9. The first-order valence-electron chi connectivity index (χ1n) is 8.83. The summed E-state index contributed by atoms with van der Waals surface area (Å²) in [5.41, 5.74) is 8.22. The molecule has 2 N–H and O–H groups in total. The van der Waals surface area contributed by atoms with Crippen LogP contribution in [0.5, 0.6) is 5.75 Å². The Bertz CT molecular complexity index is 501. The van der Waals surface area contributed by atoms with Gasteiger partial charge >= 0.3 is 5.97 Å². The third-order valence-corrected chi connectivity index (χ3v) is 4.37. The highest BCUT2D eigenvalue weighted by atomic mass is 16.5. The zero-order valence-electron chi connectivity index (χ0n) is 14.2. The molecule has 1 aliphatic rings. The van der Waals surface area contributed by atoms with Crippen LogP contribution >= 0.6 is 0 Å². The van der Waals surface area contributed by atoms with Gasteiger partial charge in [-0.05, 0) is 81.2 Å². The molecule has 0 saturated carbocycles. The van der Waals surface area contributed by atoms with Gasteiger partial charge in [-0.25, -0.2) is 0 Å². The third-order valence-electron chi connectivity index (χ3n) is 4.37. The van der Waals surface area contributed by atoms with Gasteiger partial charge in [0.25, 0.3) is 0 Å². The van der Waals surface area contributed by atoms with Crippen molar-refractivity contribution in [1.29, 1.82) is 0 Å². The van der Waals surface area contributed by atoms with Gasteiger partial charge in [0, 0.05) is 6.42 Å². The second-order valence-electron chi connectivity index (χ2n) is 6.25. The van der Waals surface area contributed by atoms with E-state index in [0.717, 1.165) is 57.4 Å². The van der Waals surface area contributed by atoms with Crippen molar-refractivity contribution in [3.8, 4) is 5.75 Å². The van der Waals surface area contributed by atoms with Crippen molar-refractivity contribution in [2.75, 3.05) is 19.8 Å². The second kappa shape index (κ2) is 9.56. The highest BCUT2D eigenvalue weighted by molar-refractivity contribution is 5.69. The van der Waals surface area contributed by atoms with Crippen LogP contribution in [-0.4, -0.2) is 25.7 Å². The minimum absolute atomic E-state index is 0.0687. The van der Waals surface area contributed by atoms with Crippen LogP contribution in [0.1, 0.15) is 50.2 Å². The fourth-order valence-corrected chi connectivity index (χ4v) is 3.18. The standard InChI is InChI=1S/C19H29NO3/c1-2-22-19(21)13-15-6-5-7-16-14-18(9-8-17(16)12-15)23-11-4-3-10-20/h8-9,14-15H,2-7,10-13,20H2,1H3. The fourth-order valence-electron chi connectivity index (χ4n) is 3.18. The number of hydrogen-bond donors (Lipinski definition) is 1. The monoisotopic (exact) mass is 319 g/mol. The third kappa shape index (κ3) is 5.87. The van der Waals surface area contributed by atoms with Gasteiger partial charge in [-0.15, -0.1) is 0 Å². The Hall–Kier alpha value is -1.55. The van der Waals surface area contributed by atoms with Crippen molar-refractivity contribution in [2.24, 2.45) is 11.7 Å². The molecule has 1 aromatic carbocycles. The molecular formula is C19H29NO3. The van der Waals surface area contributed by atoms with E-state index in [1.54, 1.807) is 0 Å². The largest absolute Gasteiger partial charge is 0.494 e.